The molecule has 3 aromatic heterocycles. The van der Waals surface area contributed by atoms with E-state index in [9.17, 15) is 67.7 Å². The minimum absolute atomic E-state index is 0.00934. The number of aliphatic hydroxyl groups excluding tert-OH is 2. The van der Waals surface area contributed by atoms with Crippen LogP contribution in [0.1, 0.15) is 73.6 Å². The molecule has 12 N–H and O–H groups in total. The number of nitrogens with zero attached hydrogens (tertiary/aromatic N) is 7. The summed E-state index contributed by atoms with van der Waals surface area (Å²) in [6.45, 7) is 0.964. The molecule has 0 aliphatic carbocycles. The van der Waals surface area contributed by atoms with Gasteiger partial charge in [-0.2, -0.15) is 0 Å². The number of carboxylic acids is 2. The molecule has 0 bridgehead atoms. The average molecular weight is 1950 g/mol. The monoisotopic (exact) mass is 1940 g/mol. The molecule has 8 atom stereocenters. The Morgan fingerprint density at radius 2 is 0.691 bits per heavy atom. The Hall–Kier alpha value is -14.4. The summed E-state index contributed by atoms with van der Waals surface area (Å²) in [5.41, 5.74) is 19.1. The number of methoxy groups -OCH3 is 3. The molecule has 0 radical (unpaired) electrons. The highest BCUT2D eigenvalue weighted by Gasteiger charge is 2.45. The van der Waals surface area contributed by atoms with Crippen molar-refractivity contribution >= 4 is 138 Å². The number of pyridine rings is 3. The zero-order valence-corrected chi connectivity index (χ0v) is 77.2. The number of aliphatic hydroxyl groups is 2. The van der Waals surface area contributed by atoms with E-state index in [1.54, 1.807) is 48.3 Å². The van der Waals surface area contributed by atoms with Crippen LogP contribution in [0.2, 0.25) is 0 Å². The summed E-state index contributed by atoms with van der Waals surface area (Å²) in [6, 6.07) is 61.2. The quantitative estimate of drug-likeness (QED) is 0.00544. The fraction of sp³-hybridized carbons (Fsp3) is 0.344. The summed E-state index contributed by atoms with van der Waals surface area (Å²) in [5, 5.41) is 52.7. The summed E-state index contributed by atoms with van der Waals surface area (Å²) in [4.78, 5) is 161. The molecule has 10 aromatic rings. The van der Waals surface area contributed by atoms with E-state index in [1.807, 2.05) is 188 Å². The second kappa shape index (κ2) is 59.3. The zero-order valence-electron chi connectivity index (χ0n) is 75.6. The van der Waals surface area contributed by atoms with E-state index < -0.39 is 96.8 Å². The van der Waals surface area contributed by atoms with Gasteiger partial charge in [-0.1, -0.05) is 192 Å². The molecule has 136 heavy (non-hydrogen) atoms. The molecule has 726 valence electrons. The number of aromatic nitrogens is 3. The van der Waals surface area contributed by atoms with Crippen molar-refractivity contribution in [3.8, 4) is 0 Å². The lowest BCUT2D eigenvalue weighted by Gasteiger charge is -2.23. The fourth-order valence-corrected chi connectivity index (χ4v) is 14.2. The van der Waals surface area contributed by atoms with Gasteiger partial charge in [0.1, 0.15) is 50.6 Å². The van der Waals surface area contributed by atoms with Gasteiger partial charge in [-0.15, -0.1) is 0 Å². The van der Waals surface area contributed by atoms with Crippen LogP contribution in [-0.4, -0.2) is 268 Å². The number of fused-ring (bicyclic) bond motifs is 3. The van der Waals surface area contributed by atoms with Crippen LogP contribution in [0.3, 0.4) is 0 Å². The summed E-state index contributed by atoms with van der Waals surface area (Å²) in [7, 11) is 6.47. The number of anilines is 3. The molecule has 4 saturated heterocycles. The SMILES string of the molecule is CN.CO.COC(=O)CCBr.COC(=O)CCOC1CC(C(=O)Nc2cccc3cccnc23)N(C(=O)OCc2ccccc2)C1.COC(=O)CCOC1CC(C(=O)O)N(C(=O)OCc2ccccc2)C1.Nc1cccc2cccnc12.O=C(CCOC1CC(C(=O)Nc2cccc3cccnc23)N(C(=O)OCc2ccccc2)C1)NO.O=C(O)C1CC(O)CN1C(=O)OCc1ccccc1. The molecule has 40 heteroatoms. The number of hydrogen-bond donors (Lipinski definition) is 10. The van der Waals surface area contributed by atoms with Gasteiger partial charge in [0.05, 0.1) is 151 Å². The molecule has 4 aliphatic heterocycles. The molecular formula is C96H113BrN12O27. The maximum Gasteiger partial charge on any atom is 0.410 e. The molecule has 39 nitrogen and oxygen atoms in total. The Morgan fingerprint density at radius 3 is 1.02 bits per heavy atom. The number of nitrogens with two attached hydrogens (primary N) is 2. The van der Waals surface area contributed by atoms with Gasteiger partial charge in [-0.3, -0.25) is 68.5 Å². The molecule has 8 unspecified atom stereocenters. The maximum absolute atomic E-state index is 13.3. The average Bonchev–Trinajstić information content (AvgIpc) is 1.75. The van der Waals surface area contributed by atoms with Gasteiger partial charge in [0.25, 0.3) is 0 Å². The number of hydroxylamine groups is 1. The van der Waals surface area contributed by atoms with Crippen LogP contribution in [0, 0.1) is 0 Å². The highest BCUT2D eigenvalue weighted by Crippen LogP contribution is 2.31. The number of amides is 7. The first kappa shape index (κ1) is 109. The normalized spacial score (nSPS) is 16.9. The first-order valence-electron chi connectivity index (χ1n) is 42.9. The van der Waals surface area contributed by atoms with Crippen LogP contribution in [0.25, 0.3) is 32.7 Å². The van der Waals surface area contributed by atoms with E-state index in [4.69, 9.17) is 54.3 Å². The first-order valence-corrected chi connectivity index (χ1v) is 44.0. The minimum atomic E-state index is -1.13. The molecular weight excluding hydrogens is 1830 g/mol. The Labute approximate surface area is 792 Å². The highest BCUT2D eigenvalue weighted by molar-refractivity contribution is 9.09. The van der Waals surface area contributed by atoms with Gasteiger partial charge in [-0.05, 0) is 65.7 Å². The Kier molecular flexibility index (Phi) is 47.4. The van der Waals surface area contributed by atoms with Crippen molar-refractivity contribution in [1.29, 1.82) is 0 Å². The van der Waals surface area contributed by atoms with Crippen molar-refractivity contribution in [1.82, 2.24) is 40.0 Å². The van der Waals surface area contributed by atoms with Crippen LogP contribution in [0.4, 0.5) is 36.2 Å². The largest absolute Gasteiger partial charge is 0.480 e. The van der Waals surface area contributed by atoms with Crippen molar-refractivity contribution in [3.05, 3.63) is 253 Å². The Balaban J connectivity index is 0.000000233. The number of nitrogens with one attached hydrogen (secondary N) is 3. The van der Waals surface area contributed by atoms with Gasteiger partial charge in [0.2, 0.25) is 17.7 Å². The number of rotatable bonds is 28. The minimum Gasteiger partial charge on any atom is -0.480 e. The van der Waals surface area contributed by atoms with Crippen LogP contribution in [-0.2, 0) is 112 Å². The van der Waals surface area contributed by atoms with Crippen molar-refractivity contribution in [2.45, 2.75) is 126 Å². The van der Waals surface area contributed by atoms with E-state index in [-0.39, 0.29) is 141 Å². The van der Waals surface area contributed by atoms with Crippen molar-refractivity contribution in [3.63, 3.8) is 0 Å². The predicted molar refractivity (Wildman–Crippen MR) is 501 cm³/mol. The number of esters is 3. The number of para-hydroxylation sites is 3. The number of carboxylic acid groups (broad SMARTS) is 2. The van der Waals surface area contributed by atoms with Crippen LogP contribution < -0.4 is 27.6 Å². The van der Waals surface area contributed by atoms with E-state index in [0.717, 1.165) is 66.5 Å². The molecule has 14 rings (SSSR count). The summed E-state index contributed by atoms with van der Waals surface area (Å²) in [5.74, 6) is -4.55. The third-order valence-corrected chi connectivity index (χ3v) is 21.0. The second-order valence-corrected chi connectivity index (χ2v) is 30.5. The molecule has 0 saturated carbocycles. The lowest BCUT2D eigenvalue weighted by atomic mass is 10.1. The topological polar surface area (TPSA) is 538 Å². The third-order valence-electron chi connectivity index (χ3n) is 20.6. The lowest BCUT2D eigenvalue weighted by Crippen LogP contribution is -2.43. The molecule has 4 aliphatic rings. The van der Waals surface area contributed by atoms with E-state index >= 15 is 0 Å². The van der Waals surface area contributed by atoms with Gasteiger partial charge >= 0.3 is 54.2 Å². The van der Waals surface area contributed by atoms with E-state index in [1.165, 1.54) is 38.2 Å². The van der Waals surface area contributed by atoms with Crippen molar-refractivity contribution in [2.24, 2.45) is 5.73 Å². The summed E-state index contributed by atoms with van der Waals surface area (Å²) >= 11 is 3.09. The molecule has 4 fully saturated rings. The van der Waals surface area contributed by atoms with Gasteiger partial charge in [0, 0.05) is 72.9 Å². The number of likely N-dealkylation sites (tertiary alicyclic amines) is 4. The fourth-order valence-electron chi connectivity index (χ4n) is 13.9. The number of alkyl halides is 1. The maximum atomic E-state index is 13.3. The predicted octanol–water partition coefficient (Wildman–Crippen LogP) is 10.6. The Morgan fingerprint density at radius 1 is 0.390 bits per heavy atom. The number of aliphatic carboxylic acids is 2. The lowest BCUT2D eigenvalue weighted by molar-refractivity contribution is -0.143. The first-order chi connectivity index (χ1) is 65.9. The summed E-state index contributed by atoms with van der Waals surface area (Å²) in [6.07, 6.45) is 1.46. The van der Waals surface area contributed by atoms with Crippen LogP contribution in [0.5, 0.6) is 0 Å². The van der Waals surface area contributed by atoms with Crippen molar-refractivity contribution in [2.75, 3.05) is 103 Å². The molecule has 7 heterocycles. The van der Waals surface area contributed by atoms with Crippen LogP contribution in [0.15, 0.2) is 231 Å². The number of nitrogen functional groups attached to an aromatic ring is 1. The van der Waals surface area contributed by atoms with Gasteiger partial charge in [-0.25, -0.2) is 34.2 Å². The third kappa shape index (κ3) is 35.5. The number of ether oxygens (including phenoxy) is 10. The molecule has 7 amide bonds. The number of benzene rings is 7. The molecule has 7 aromatic carbocycles. The molecule has 0 spiro atoms. The number of halogens is 1. The number of β-amino-alcohol motifs (C(OH)–C–C–N with tert-alkyl or cyclic N) is 1. The highest BCUT2D eigenvalue weighted by atomic mass is 79.9. The van der Waals surface area contributed by atoms with Gasteiger partial charge < -0.3 is 89.9 Å². The van der Waals surface area contributed by atoms with E-state index in [2.05, 4.69) is 61.5 Å². The zero-order chi connectivity index (χ0) is 98.7. The Bertz CT molecular complexity index is 5260. The number of hydrogen-bond acceptors (Lipinski definition) is 30. The number of carbonyl (C=O) groups is 12. The smallest absolute Gasteiger partial charge is 0.410 e. The number of carbonyl (C=O) groups excluding carboxylic acids is 10. The van der Waals surface area contributed by atoms with Crippen LogP contribution >= 0.6 is 15.9 Å². The van der Waals surface area contributed by atoms with Gasteiger partial charge in [0.15, 0.2) is 0 Å². The van der Waals surface area contributed by atoms with E-state index in [0.29, 0.717) is 34.2 Å². The standard InChI is InChI=1S/C26H27N3O6.C25H26N4O6.C17H21NO7.C13H15NO5.C9H8N2.C4H7BrO2.CH5N.CH4O/c1-33-23(30)12-14-34-20-15-22(29(16-20)26(32)35-17-18-7-3-2-4-8-18)25(31)28-21-11-5-9-19-10-6-13-27-24(19)21;30-22(28-33)11-13-34-19-14-21(29(15-19)25(32)35-16-17-6-2-1-3-7-17)24(31)27-20-10-4-8-18-9-5-12-26-23(18)20;1-23-15(19)7-8-24-13-9-14(16(20)21)18(10-13)17(22)25-11-12-5-3-2-4-6-12;15-10-6-11(12(16)17)14(7-10)13(18)19-8-9-4-2-1-3-5-9;10-8-5-1-3-7-4-2-6-11-9(7)8;1-7-4(6)2-3-5;2*1-2/h2-11,13,20,22H,12,14-17H2,1H3,(H,28,31);1-10,12,19,21,33H,11,13-16H2,(H,27,31)(H,28,30);2-6,13-14H,7-11H2,1H3,(H,20,21);1-5,10-11,15H,6-8H2,(H,16,17);1-6H,10H2;2-3H2,1H3;2H2,1H3;2H,1H3. The second-order valence-electron chi connectivity index (χ2n) is 29.7. The van der Waals surface area contributed by atoms with Crippen molar-refractivity contribution < 1.29 is 131 Å². The summed E-state index contributed by atoms with van der Waals surface area (Å²) < 4.78 is 51.6.